The molecule has 1 aromatic carbocycles. The van der Waals surface area contributed by atoms with Gasteiger partial charge in [0, 0.05) is 17.5 Å². The first-order valence-electron chi connectivity index (χ1n) is 5.79. The fraction of sp³-hybridized carbons (Fsp3) is 0.462. The molecule has 0 saturated heterocycles. The first-order chi connectivity index (χ1) is 8.45. The van der Waals surface area contributed by atoms with Gasteiger partial charge in [-0.05, 0) is 43.7 Å². The Morgan fingerprint density at radius 2 is 2.17 bits per heavy atom. The quantitative estimate of drug-likeness (QED) is 0.741. The minimum absolute atomic E-state index is 0.0161. The largest absolute Gasteiger partial charge is 0.481 e. The highest BCUT2D eigenvalue weighted by molar-refractivity contribution is 6.30. The zero-order chi connectivity index (χ0) is 13.7. The average Bonchev–Trinajstić information content (AvgIpc) is 2.32. The lowest BCUT2D eigenvalue weighted by Crippen LogP contribution is -2.33. The molecular formula is C13H18ClNO3. The summed E-state index contributed by atoms with van der Waals surface area (Å²) < 4.78 is 0. The van der Waals surface area contributed by atoms with Crippen LogP contribution in [0.3, 0.4) is 0 Å². The predicted octanol–water partition coefficient (Wildman–Crippen LogP) is 2.13. The van der Waals surface area contributed by atoms with Crippen LogP contribution in [0.25, 0.3) is 0 Å². The molecule has 3 N–H and O–H groups in total. The van der Waals surface area contributed by atoms with Gasteiger partial charge >= 0.3 is 5.97 Å². The van der Waals surface area contributed by atoms with Crippen molar-refractivity contribution in [1.82, 2.24) is 5.32 Å². The second-order valence-corrected chi connectivity index (χ2v) is 4.71. The number of hydrogen-bond acceptors (Lipinski definition) is 3. The minimum Gasteiger partial charge on any atom is -0.481 e. The Bertz CT molecular complexity index is 423. The van der Waals surface area contributed by atoms with E-state index in [0.29, 0.717) is 11.4 Å². The summed E-state index contributed by atoms with van der Waals surface area (Å²) in [7, 11) is 1.70. The Morgan fingerprint density at radius 1 is 1.50 bits per heavy atom. The summed E-state index contributed by atoms with van der Waals surface area (Å²) in [4.78, 5) is 10.6. The molecular weight excluding hydrogens is 254 g/mol. The van der Waals surface area contributed by atoms with Crippen LogP contribution in [-0.4, -0.2) is 29.3 Å². The van der Waals surface area contributed by atoms with Crippen LogP contribution in [0.5, 0.6) is 0 Å². The maximum atomic E-state index is 10.6. The molecule has 4 nitrogen and oxygen atoms in total. The van der Waals surface area contributed by atoms with Crippen molar-refractivity contribution in [2.75, 3.05) is 7.05 Å². The van der Waals surface area contributed by atoms with E-state index in [0.717, 1.165) is 11.1 Å². The zero-order valence-electron chi connectivity index (χ0n) is 10.5. The number of nitrogens with one attached hydrogen (secondary N) is 1. The number of rotatable bonds is 6. The third-order valence-electron chi connectivity index (χ3n) is 2.98. The first-order valence-corrected chi connectivity index (χ1v) is 6.16. The van der Waals surface area contributed by atoms with E-state index in [1.807, 2.05) is 13.0 Å². The van der Waals surface area contributed by atoms with E-state index < -0.39 is 12.1 Å². The lowest BCUT2D eigenvalue weighted by Gasteiger charge is -2.23. The Hall–Kier alpha value is -1.10. The predicted molar refractivity (Wildman–Crippen MR) is 70.9 cm³/mol. The van der Waals surface area contributed by atoms with Gasteiger partial charge in [0.05, 0.1) is 6.10 Å². The summed E-state index contributed by atoms with van der Waals surface area (Å²) in [6, 6.07) is 5.01. The fourth-order valence-corrected chi connectivity index (χ4v) is 2.07. The van der Waals surface area contributed by atoms with Crippen molar-refractivity contribution in [1.29, 1.82) is 0 Å². The summed E-state index contributed by atoms with van der Waals surface area (Å²) in [5.41, 5.74) is 1.66. The molecule has 0 aliphatic heterocycles. The molecule has 0 radical (unpaired) electrons. The zero-order valence-corrected chi connectivity index (χ0v) is 11.2. The first kappa shape index (κ1) is 15.0. The Balaban J connectivity index is 2.85. The molecule has 18 heavy (non-hydrogen) atoms. The van der Waals surface area contributed by atoms with E-state index in [-0.39, 0.29) is 12.5 Å². The molecule has 0 aromatic heterocycles. The molecule has 0 spiro atoms. The number of halogens is 1. The summed E-state index contributed by atoms with van der Waals surface area (Å²) in [5.74, 6) is -0.870. The van der Waals surface area contributed by atoms with Crippen LogP contribution in [0, 0.1) is 6.92 Å². The minimum atomic E-state index is -0.870. The van der Waals surface area contributed by atoms with E-state index in [1.165, 1.54) is 0 Å². The number of carboxylic acid groups (broad SMARTS) is 1. The second-order valence-electron chi connectivity index (χ2n) is 4.27. The highest BCUT2D eigenvalue weighted by atomic mass is 35.5. The molecule has 0 saturated carbocycles. The Labute approximate surface area is 112 Å². The third kappa shape index (κ3) is 3.98. The smallest absolute Gasteiger partial charge is 0.303 e. The number of aliphatic hydroxyl groups is 1. The van der Waals surface area contributed by atoms with Gasteiger partial charge in [-0.2, -0.15) is 0 Å². The van der Waals surface area contributed by atoms with Crippen LogP contribution in [-0.2, 0) is 4.79 Å². The molecule has 2 atom stereocenters. The second kappa shape index (κ2) is 6.73. The molecule has 0 aliphatic rings. The molecule has 0 heterocycles. The van der Waals surface area contributed by atoms with E-state index in [2.05, 4.69) is 5.32 Å². The van der Waals surface area contributed by atoms with Crippen molar-refractivity contribution < 1.29 is 15.0 Å². The van der Waals surface area contributed by atoms with Crippen LogP contribution in [0.4, 0.5) is 0 Å². The summed E-state index contributed by atoms with van der Waals surface area (Å²) in [5, 5.41) is 22.5. The van der Waals surface area contributed by atoms with Gasteiger partial charge in [0.2, 0.25) is 0 Å². The summed E-state index contributed by atoms with van der Waals surface area (Å²) in [6.07, 6.45) is -0.394. The number of aliphatic carboxylic acids is 1. The van der Waals surface area contributed by atoms with Crippen molar-refractivity contribution >= 4 is 17.6 Å². The number of benzene rings is 1. The van der Waals surface area contributed by atoms with Crippen LogP contribution in [0.15, 0.2) is 18.2 Å². The molecule has 2 unspecified atom stereocenters. The van der Waals surface area contributed by atoms with E-state index in [1.54, 1.807) is 19.2 Å². The molecule has 0 fully saturated rings. The van der Waals surface area contributed by atoms with Crippen LogP contribution in [0.2, 0.25) is 5.02 Å². The SMILES string of the molecule is CNC(CCC(=O)O)C(O)c1cc(Cl)ccc1C. The molecule has 1 aromatic rings. The van der Waals surface area contributed by atoms with Crippen molar-refractivity contribution in [2.45, 2.75) is 31.9 Å². The number of aryl methyl sites for hydroxylation is 1. The van der Waals surface area contributed by atoms with Crippen molar-refractivity contribution in [2.24, 2.45) is 0 Å². The molecule has 0 bridgehead atoms. The lowest BCUT2D eigenvalue weighted by atomic mass is 9.95. The van der Waals surface area contributed by atoms with Crippen LogP contribution in [0.1, 0.15) is 30.1 Å². The lowest BCUT2D eigenvalue weighted by molar-refractivity contribution is -0.137. The van der Waals surface area contributed by atoms with Crippen molar-refractivity contribution in [3.05, 3.63) is 34.3 Å². The highest BCUT2D eigenvalue weighted by Crippen LogP contribution is 2.25. The molecule has 100 valence electrons. The number of hydrogen-bond donors (Lipinski definition) is 3. The summed E-state index contributed by atoms with van der Waals surface area (Å²) >= 11 is 5.91. The Kier molecular flexibility index (Phi) is 5.59. The number of likely N-dealkylation sites (N-methyl/N-ethyl adjacent to an activating group) is 1. The van der Waals surface area contributed by atoms with Gasteiger partial charge in [0.1, 0.15) is 0 Å². The number of carboxylic acids is 1. The van der Waals surface area contributed by atoms with Crippen molar-refractivity contribution in [3.8, 4) is 0 Å². The average molecular weight is 272 g/mol. The van der Waals surface area contributed by atoms with Gasteiger partial charge in [-0.25, -0.2) is 0 Å². The van der Waals surface area contributed by atoms with Gasteiger partial charge in [-0.3, -0.25) is 4.79 Å². The van der Waals surface area contributed by atoms with Gasteiger partial charge < -0.3 is 15.5 Å². The van der Waals surface area contributed by atoms with E-state index >= 15 is 0 Å². The molecule has 0 aliphatic carbocycles. The molecule has 0 amide bonds. The van der Waals surface area contributed by atoms with Crippen molar-refractivity contribution in [3.63, 3.8) is 0 Å². The van der Waals surface area contributed by atoms with Gasteiger partial charge in [0.15, 0.2) is 0 Å². The fourth-order valence-electron chi connectivity index (χ4n) is 1.89. The van der Waals surface area contributed by atoms with E-state index in [4.69, 9.17) is 16.7 Å². The standard InChI is InChI=1S/C13H18ClNO3/c1-8-3-4-9(14)7-10(8)13(18)11(15-2)5-6-12(16)17/h3-4,7,11,13,15,18H,5-6H2,1-2H3,(H,16,17). The van der Waals surface area contributed by atoms with E-state index in [9.17, 15) is 9.90 Å². The Morgan fingerprint density at radius 3 is 2.72 bits per heavy atom. The van der Waals surface area contributed by atoms with Gasteiger partial charge in [0.25, 0.3) is 0 Å². The maximum Gasteiger partial charge on any atom is 0.303 e. The monoisotopic (exact) mass is 271 g/mol. The van der Waals surface area contributed by atoms with Gasteiger partial charge in [-0.1, -0.05) is 17.7 Å². The van der Waals surface area contributed by atoms with Crippen LogP contribution >= 0.6 is 11.6 Å². The summed E-state index contributed by atoms with van der Waals surface area (Å²) in [6.45, 7) is 1.89. The normalized spacial score (nSPS) is 14.2. The maximum absolute atomic E-state index is 10.6. The third-order valence-corrected chi connectivity index (χ3v) is 3.22. The number of carbonyl (C=O) groups is 1. The van der Waals surface area contributed by atoms with Gasteiger partial charge in [-0.15, -0.1) is 0 Å². The number of aliphatic hydroxyl groups excluding tert-OH is 1. The van der Waals surface area contributed by atoms with Crippen LogP contribution < -0.4 is 5.32 Å². The highest BCUT2D eigenvalue weighted by Gasteiger charge is 2.21. The molecule has 1 rings (SSSR count). The molecule has 5 heteroatoms. The topological polar surface area (TPSA) is 69.6 Å².